The zero-order chi connectivity index (χ0) is 13.0. The largest absolute Gasteiger partial charge is 0.457 e. The van der Waals surface area contributed by atoms with Crippen molar-refractivity contribution in [1.82, 2.24) is 0 Å². The lowest BCUT2D eigenvalue weighted by Gasteiger charge is -2.05. The molecule has 92 valence electrons. The molecule has 2 aromatic rings. The Balaban J connectivity index is 2.17. The molecule has 0 bridgehead atoms. The minimum Gasteiger partial charge on any atom is -0.457 e. The number of rotatable bonds is 4. The van der Waals surface area contributed by atoms with E-state index < -0.39 is 4.92 Å². The monoisotopic (exact) mass is 245 g/mol. The van der Waals surface area contributed by atoms with E-state index in [4.69, 9.17) is 9.84 Å². The maximum atomic E-state index is 10.6. The first kappa shape index (κ1) is 12.1. The fraction of sp³-hybridized carbons (Fsp3) is 0.0769. The third-order valence-corrected chi connectivity index (χ3v) is 2.37. The molecule has 5 nitrogen and oxygen atoms in total. The molecule has 1 N–H and O–H groups in total. The second kappa shape index (κ2) is 5.29. The molecule has 5 heteroatoms. The van der Waals surface area contributed by atoms with Crippen LogP contribution in [0.25, 0.3) is 0 Å². The number of benzene rings is 2. The van der Waals surface area contributed by atoms with E-state index in [1.165, 1.54) is 12.1 Å². The molecule has 0 saturated carbocycles. The van der Waals surface area contributed by atoms with Crippen LogP contribution < -0.4 is 4.74 Å². The highest BCUT2D eigenvalue weighted by Gasteiger charge is 2.06. The Morgan fingerprint density at radius 3 is 2.44 bits per heavy atom. The SMILES string of the molecule is O=[N+]([O-])c1cccc(Oc2ccc(CO)cc2)c1. The molecule has 0 aliphatic heterocycles. The summed E-state index contributed by atoms with van der Waals surface area (Å²) in [6.07, 6.45) is 0. The van der Waals surface area contributed by atoms with Crippen molar-refractivity contribution in [3.63, 3.8) is 0 Å². The van der Waals surface area contributed by atoms with Crippen LogP contribution in [0.2, 0.25) is 0 Å². The number of aliphatic hydroxyl groups excluding tert-OH is 1. The van der Waals surface area contributed by atoms with Gasteiger partial charge in [0.15, 0.2) is 0 Å². The quantitative estimate of drug-likeness (QED) is 0.664. The van der Waals surface area contributed by atoms with Crippen molar-refractivity contribution in [2.24, 2.45) is 0 Å². The summed E-state index contributed by atoms with van der Waals surface area (Å²) >= 11 is 0. The maximum absolute atomic E-state index is 10.6. The Hall–Kier alpha value is -2.40. The molecular weight excluding hydrogens is 234 g/mol. The van der Waals surface area contributed by atoms with Crippen molar-refractivity contribution in [2.45, 2.75) is 6.61 Å². The van der Waals surface area contributed by atoms with E-state index in [0.717, 1.165) is 5.56 Å². The zero-order valence-corrected chi connectivity index (χ0v) is 9.45. The molecule has 0 aromatic heterocycles. The normalized spacial score (nSPS) is 10.1. The van der Waals surface area contributed by atoms with E-state index in [1.54, 1.807) is 36.4 Å². The van der Waals surface area contributed by atoms with Gasteiger partial charge in [-0.3, -0.25) is 10.1 Å². The molecule has 2 aromatic carbocycles. The van der Waals surface area contributed by atoms with Crippen LogP contribution in [-0.2, 0) is 6.61 Å². The van der Waals surface area contributed by atoms with E-state index in [1.807, 2.05) is 0 Å². The average Bonchev–Trinajstić information content (AvgIpc) is 2.40. The first-order valence-electron chi connectivity index (χ1n) is 5.31. The molecule has 0 amide bonds. The highest BCUT2D eigenvalue weighted by molar-refractivity contribution is 5.40. The molecule has 0 fully saturated rings. The summed E-state index contributed by atoms with van der Waals surface area (Å²) in [5, 5.41) is 19.5. The number of non-ortho nitro benzene ring substituents is 1. The minimum absolute atomic E-state index is 0.0144. The molecule has 0 spiro atoms. The van der Waals surface area contributed by atoms with Crippen molar-refractivity contribution >= 4 is 5.69 Å². The lowest BCUT2D eigenvalue weighted by atomic mass is 10.2. The lowest BCUT2D eigenvalue weighted by molar-refractivity contribution is -0.384. The predicted octanol–water partition coefficient (Wildman–Crippen LogP) is 2.88. The van der Waals surface area contributed by atoms with Crippen LogP contribution in [0.5, 0.6) is 11.5 Å². The Morgan fingerprint density at radius 1 is 1.11 bits per heavy atom. The first-order chi connectivity index (χ1) is 8.69. The summed E-state index contributed by atoms with van der Waals surface area (Å²) in [5.41, 5.74) is 0.765. The molecule has 0 aliphatic carbocycles. The van der Waals surface area contributed by atoms with Crippen molar-refractivity contribution in [3.8, 4) is 11.5 Å². The Kier molecular flexibility index (Phi) is 3.54. The van der Waals surface area contributed by atoms with Gasteiger partial charge in [0.25, 0.3) is 5.69 Å². The number of nitro benzene ring substituents is 1. The van der Waals surface area contributed by atoms with Crippen LogP contribution in [0.1, 0.15) is 5.56 Å². The minimum atomic E-state index is -0.471. The van der Waals surface area contributed by atoms with Crippen LogP contribution in [0.3, 0.4) is 0 Å². The fourth-order valence-electron chi connectivity index (χ4n) is 1.46. The van der Waals surface area contributed by atoms with Gasteiger partial charge in [0.2, 0.25) is 0 Å². The summed E-state index contributed by atoms with van der Waals surface area (Å²) in [6.45, 7) is -0.0307. The first-order valence-corrected chi connectivity index (χ1v) is 5.31. The van der Waals surface area contributed by atoms with Crippen LogP contribution >= 0.6 is 0 Å². The van der Waals surface area contributed by atoms with Crippen molar-refractivity contribution in [2.75, 3.05) is 0 Å². The van der Waals surface area contributed by atoms with Gasteiger partial charge in [-0.2, -0.15) is 0 Å². The summed E-state index contributed by atoms with van der Waals surface area (Å²) < 4.78 is 5.48. The van der Waals surface area contributed by atoms with Crippen LogP contribution in [0.4, 0.5) is 5.69 Å². The second-order valence-corrected chi connectivity index (χ2v) is 3.66. The Labute approximate surface area is 103 Å². The van der Waals surface area contributed by atoms with Crippen molar-refractivity contribution in [3.05, 3.63) is 64.2 Å². The lowest BCUT2D eigenvalue weighted by Crippen LogP contribution is -1.90. The summed E-state index contributed by atoms with van der Waals surface area (Å²) in [5.74, 6) is 0.966. The highest BCUT2D eigenvalue weighted by Crippen LogP contribution is 2.25. The highest BCUT2D eigenvalue weighted by atomic mass is 16.6. The van der Waals surface area contributed by atoms with Gasteiger partial charge in [0.05, 0.1) is 17.6 Å². The molecule has 18 heavy (non-hydrogen) atoms. The standard InChI is InChI=1S/C13H11NO4/c15-9-10-4-6-12(7-5-10)18-13-3-1-2-11(8-13)14(16)17/h1-8,15H,9H2. The number of aliphatic hydroxyl groups is 1. The maximum Gasteiger partial charge on any atom is 0.273 e. The molecule has 0 heterocycles. The van der Waals surface area contributed by atoms with Gasteiger partial charge in [-0.1, -0.05) is 18.2 Å². The third kappa shape index (κ3) is 2.83. The molecule has 0 atom stereocenters. The Bertz CT molecular complexity index is 551. The molecule has 0 radical (unpaired) electrons. The van der Waals surface area contributed by atoms with Gasteiger partial charge in [-0.15, -0.1) is 0 Å². The van der Waals surface area contributed by atoms with Gasteiger partial charge in [-0.25, -0.2) is 0 Å². The third-order valence-electron chi connectivity index (χ3n) is 2.37. The van der Waals surface area contributed by atoms with Crippen LogP contribution in [0.15, 0.2) is 48.5 Å². The number of hydrogen-bond acceptors (Lipinski definition) is 4. The van der Waals surface area contributed by atoms with Gasteiger partial charge < -0.3 is 9.84 Å². The van der Waals surface area contributed by atoms with Crippen molar-refractivity contribution in [1.29, 1.82) is 0 Å². The average molecular weight is 245 g/mol. The van der Waals surface area contributed by atoms with Gasteiger partial charge >= 0.3 is 0 Å². The summed E-state index contributed by atoms with van der Waals surface area (Å²) in [7, 11) is 0. The fourth-order valence-corrected chi connectivity index (χ4v) is 1.46. The predicted molar refractivity (Wildman–Crippen MR) is 65.5 cm³/mol. The molecule has 0 aliphatic rings. The van der Waals surface area contributed by atoms with Gasteiger partial charge in [0.1, 0.15) is 11.5 Å². The number of ether oxygens (including phenoxy) is 1. The molecular formula is C13H11NO4. The second-order valence-electron chi connectivity index (χ2n) is 3.66. The van der Waals surface area contributed by atoms with E-state index >= 15 is 0 Å². The van der Waals surface area contributed by atoms with Crippen molar-refractivity contribution < 1.29 is 14.8 Å². The van der Waals surface area contributed by atoms with E-state index in [0.29, 0.717) is 11.5 Å². The number of nitrogens with zero attached hydrogens (tertiary/aromatic N) is 1. The number of nitro groups is 1. The topological polar surface area (TPSA) is 72.6 Å². The molecule has 2 rings (SSSR count). The summed E-state index contributed by atoms with van der Waals surface area (Å²) in [6, 6.07) is 12.8. The number of hydrogen-bond donors (Lipinski definition) is 1. The van der Waals surface area contributed by atoms with Crippen LogP contribution in [0, 0.1) is 10.1 Å². The van der Waals surface area contributed by atoms with E-state index in [2.05, 4.69) is 0 Å². The molecule has 0 unspecified atom stereocenters. The molecule has 0 saturated heterocycles. The van der Waals surface area contributed by atoms with Gasteiger partial charge in [-0.05, 0) is 23.8 Å². The summed E-state index contributed by atoms with van der Waals surface area (Å²) in [4.78, 5) is 10.1. The van der Waals surface area contributed by atoms with E-state index in [9.17, 15) is 10.1 Å². The van der Waals surface area contributed by atoms with Crippen LogP contribution in [-0.4, -0.2) is 10.0 Å². The van der Waals surface area contributed by atoms with Gasteiger partial charge in [0, 0.05) is 6.07 Å². The zero-order valence-electron chi connectivity index (χ0n) is 9.45. The Morgan fingerprint density at radius 2 is 1.83 bits per heavy atom. The smallest absolute Gasteiger partial charge is 0.273 e. The van der Waals surface area contributed by atoms with E-state index in [-0.39, 0.29) is 12.3 Å².